The highest BCUT2D eigenvalue weighted by atomic mass is 32.2. The average molecular weight is 618 g/mol. The quantitative estimate of drug-likeness (QED) is 0.232. The first-order valence-corrected chi connectivity index (χ1v) is 15.9. The van der Waals surface area contributed by atoms with Crippen molar-refractivity contribution in [2.24, 2.45) is 0 Å². The van der Waals surface area contributed by atoms with Crippen LogP contribution in [0.25, 0.3) is 22.4 Å². The number of aromatic nitrogens is 2. The van der Waals surface area contributed by atoms with Gasteiger partial charge in [0.15, 0.2) is 0 Å². The van der Waals surface area contributed by atoms with Gasteiger partial charge in [0.2, 0.25) is 0 Å². The Morgan fingerprint density at radius 3 is 2.26 bits per heavy atom. The number of amides is 1. The lowest BCUT2D eigenvalue weighted by Gasteiger charge is -2.30. The summed E-state index contributed by atoms with van der Waals surface area (Å²) in [6.07, 6.45) is 5.44. The molecule has 2 aliphatic carbocycles. The van der Waals surface area contributed by atoms with Crippen molar-refractivity contribution in [3.05, 3.63) is 59.5 Å². The number of hydrogen-bond acceptors (Lipinski definition) is 6. The fourth-order valence-corrected chi connectivity index (χ4v) is 7.31. The van der Waals surface area contributed by atoms with E-state index in [1.807, 2.05) is 52.0 Å². The number of hydrogen-bond donors (Lipinski definition) is 1. The summed E-state index contributed by atoms with van der Waals surface area (Å²) in [4.78, 5) is 22.7. The summed E-state index contributed by atoms with van der Waals surface area (Å²) in [6, 6.07) is 10.5. The van der Waals surface area contributed by atoms with Crippen LogP contribution in [0.15, 0.2) is 42.6 Å². The summed E-state index contributed by atoms with van der Waals surface area (Å²) in [5.41, 5.74) is -1.25. The van der Waals surface area contributed by atoms with E-state index in [0.717, 1.165) is 60.1 Å². The summed E-state index contributed by atoms with van der Waals surface area (Å²) in [5.74, 6) is 0.572. The van der Waals surface area contributed by atoms with E-state index in [1.54, 1.807) is 17.2 Å². The highest BCUT2D eigenvalue weighted by Crippen LogP contribution is 2.58. The number of fused-ring (bicyclic) bond motifs is 5. The van der Waals surface area contributed by atoms with Crippen molar-refractivity contribution < 1.29 is 35.3 Å². The van der Waals surface area contributed by atoms with Gasteiger partial charge in [0.1, 0.15) is 17.2 Å². The third-order valence-corrected chi connectivity index (χ3v) is 9.64. The first kappa shape index (κ1) is 29.5. The van der Waals surface area contributed by atoms with Crippen molar-refractivity contribution in [2.75, 3.05) is 0 Å². The van der Waals surface area contributed by atoms with Crippen LogP contribution in [0.1, 0.15) is 94.6 Å². The second-order valence-electron chi connectivity index (χ2n) is 12.7. The first-order chi connectivity index (χ1) is 20.1. The summed E-state index contributed by atoms with van der Waals surface area (Å²) in [5, 5.41) is 0. The van der Waals surface area contributed by atoms with Crippen molar-refractivity contribution in [1.82, 2.24) is 14.9 Å². The molecule has 8 nitrogen and oxygen atoms in total. The molecule has 2 fully saturated rings. The molecule has 2 bridgehead atoms. The van der Waals surface area contributed by atoms with Crippen molar-refractivity contribution in [3.63, 3.8) is 0 Å². The van der Waals surface area contributed by atoms with E-state index in [9.17, 15) is 26.4 Å². The lowest BCUT2D eigenvalue weighted by molar-refractivity contribution is -0.0500. The van der Waals surface area contributed by atoms with Crippen molar-refractivity contribution in [3.8, 4) is 28.1 Å². The van der Waals surface area contributed by atoms with Crippen LogP contribution in [0.3, 0.4) is 0 Å². The number of carbonyl (C=O) groups is 1. The van der Waals surface area contributed by atoms with E-state index in [2.05, 4.69) is 14.2 Å². The van der Waals surface area contributed by atoms with Gasteiger partial charge in [0.05, 0.1) is 17.9 Å². The highest BCUT2D eigenvalue weighted by molar-refractivity contribution is 7.88. The molecule has 1 aliphatic heterocycles. The monoisotopic (exact) mass is 617 g/mol. The molecule has 1 aromatic heterocycles. The molecule has 0 radical (unpaired) electrons. The van der Waals surface area contributed by atoms with Gasteiger partial charge in [0, 0.05) is 11.6 Å². The lowest BCUT2D eigenvalue weighted by Crippen LogP contribution is -2.40. The van der Waals surface area contributed by atoms with E-state index in [1.165, 1.54) is 6.07 Å². The summed E-state index contributed by atoms with van der Waals surface area (Å²) in [7, 11) is -5.76. The Labute approximate surface area is 248 Å². The van der Waals surface area contributed by atoms with Gasteiger partial charge in [-0.05, 0) is 100.0 Å². The molecular formula is C31H34F3N3O5S. The number of ether oxygens (including phenoxy) is 1. The van der Waals surface area contributed by atoms with Crippen molar-refractivity contribution >= 4 is 16.2 Å². The minimum atomic E-state index is -5.76. The van der Waals surface area contributed by atoms with Crippen LogP contribution in [0.5, 0.6) is 5.75 Å². The smallest absolute Gasteiger partial charge is 0.444 e. The molecule has 1 saturated heterocycles. The number of benzene rings is 2. The fourth-order valence-electron chi connectivity index (χ4n) is 6.83. The minimum Gasteiger partial charge on any atom is -0.444 e. The number of nitrogens with zero attached hydrogens (tertiary/aromatic N) is 2. The fraction of sp³-hybridized carbons (Fsp3) is 0.484. The van der Waals surface area contributed by atoms with E-state index >= 15 is 0 Å². The number of carbonyl (C=O) groups excluding carboxylic acids is 1. The van der Waals surface area contributed by atoms with E-state index in [-0.39, 0.29) is 35.8 Å². The number of nitrogens with one attached hydrogen (secondary N) is 1. The molecule has 1 saturated carbocycles. The van der Waals surface area contributed by atoms with Crippen molar-refractivity contribution in [1.29, 1.82) is 0 Å². The topological polar surface area (TPSA) is 102 Å². The molecule has 2 heterocycles. The Kier molecular flexibility index (Phi) is 7.06. The zero-order chi connectivity index (χ0) is 30.9. The Balaban J connectivity index is 1.26. The highest BCUT2D eigenvalue weighted by Gasteiger charge is 2.50. The van der Waals surface area contributed by atoms with Gasteiger partial charge >= 0.3 is 21.7 Å². The third-order valence-electron chi connectivity index (χ3n) is 8.67. The van der Waals surface area contributed by atoms with Gasteiger partial charge in [-0.25, -0.2) is 9.78 Å². The first-order valence-electron chi connectivity index (χ1n) is 14.5. The van der Waals surface area contributed by atoms with E-state index in [0.29, 0.717) is 11.4 Å². The molecule has 43 heavy (non-hydrogen) atoms. The standard InChI is InChI=1S/C31H34F3N3O5S/c1-17-5-13-24(37(17)29(38)41-30(2,3)4)28-35-16-23(36-28)19-8-6-18(7-9-19)22-12-14-25(42-43(39,40)31(32,33)34)27-21-11-10-20(15-21)26(22)27/h6-9,12,14,16-17,20-21,24H,5,10-11,13,15H2,1-4H3,(H,35,36)/t17-,20?,21?,24-/m0/s1. The summed E-state index contributed by atoms with van der Waals surface area (Å²) < 4.78 is 73.0. The van der Waals surface area contributed by atoms with Crippen LogP contribution in [-0.4, -0.2) is 46.5 Å². The maximum absolute atomic E-state index is 13.1. The molecule has 1 amide bonds. The second-order valence-corrected chi connectivity index (χ2v) is 14.3. The van der Waals surface area contributed by atoms with Gasteiger partial charge in [-0.15, -0.1) is 0 Å². The van der Waals surface area contributed by atoms with Gasteiger partial charge in [-0.3, -0.25) is 4.90 Å². The number of aromatic amines is 1. The van der Waals surface area contributed by atoms with Crippen LogP contribution < -0.4 is 4.18 Å². The normalized spacial score (nSPS) is 23.5. The number of halogens is 3. The maximum Gasteiger partial charge on any atom is 0.534 e. The predicted molar refractivity (Wildman–Crippen MR) is 154 cm³/mol. The molecule has 0 spiro atoms. The largest absolute Gasteiger partial charge is 0.534 e. The van der Waals surface area contributed by atoms with Crippen LogP contribution in [0.2, 0.25) is 0 Å². The predicted octanol–water partition coefficient (Wildman–Crippen LogP) is 7.80. The molecule has 230 valence electrons. The molecule has 12 heteroatoms. The van der Waals surface area contributed by atoms with Crippen LogP contribution >= 0.6 is 0 Å². The van der Waals surface area contributed by atoms with E-state index in [4.69, 9.17) is 4.74 Å². The SMILES string of the molecule is C[C@H]1CC[C@@H](c2ncc(-c3ccc(-c4ccc(OS(=O)(=O)C(F)(F)F)c5c4C4CCC5C4)cc3)[nH]2)N1C(=O)OC(C)(C)C. The zero-order valence-corrected chi connectivity index (χ0v) is 25.2. The van der Waals surface area contributed by atoms with Crippen LogP contribution in [0.4, 0.5) is 18.0 Å². The third kappa shape index (κ3) is 5.38. The summed E-state index contributed by atoms with van der Waals surface area (Å²) >= 11 is 0. The summed E-state index contributed by atoms with van der Waals surface area (Å²) in [6.45, 7) is 7.53. The molecular weight excluding hydrogens is 583 g/mol. The second kappa shape index (κ2) is 10.3. The maximum atomic E-state index is 13.1. The molecule has 2 aromatic carbocycles. The minimum absolute atomic E-state index is 0.0232. The molecule has 1 N–H and O–H groups in total. The molecule has 3 aliphatic rings. The molecule has 3 aromatic rings. The number of imidazole rings is 1. The molecule has 2 unspecified atom stereocenters. The van der Waals surface area contributed by atoms with Gasteiger partial charge in [-0.2, -0.15) is 21.6 Å². The number of likely N-dealkylation sites (tertiary alicyclic amines) is 1. The average Bonchev–Trinajstić information content (AvgIpc) is 3.71. The molecule has 4 atom stereocenters. The Morgan fingerprint density at radius 2 is 1.60 bits per heavy atom. The Bertz CT molecular complexity index is 1660. The number of H-pyrrole nitrogens is 1. The zero-order valence-electron chi connectivity index (χ0n) is 24.4. The molecule has 6 rings (SSSR count). The van der Waals surface area contributed by atoms with E-state index < -0.39 is 21.2 Å². The van der Waals surface area contributed by atoms with Gasteiger partial charge < -0.3 is 13.9 Å². The van der Waals surface area contributed by atoms with Gasteiger partial charge in [0.25, 0.3) is 0 Å². The lowest BCUT2D eigenvalue weighted by atomic mass is 9.85. The Hall–Kier alpha value is -3.54. The van der Waals surface area contributed by atoms with Crippen molar-refractivity contribution in [2.45, 2.75) is 94.8 Å². The Morgan fingerprint density at radius 1 is 0.953 bits per heavy atom. The van der Waals surface area contributed by atoms with Gasteiger partial charge in [-0.1, -0.05) is 30.3 Å². The number of alkyl halides is 3. The number of rotatable bonds is 5. The van der Waals surface area contributed by atoms with Crippen LogP contribution in [0, 0.1) is 0 Å². The van der Waals surface area contributed by atoms with Crippen LogP contribution in [-0.2, 0) is 14.9 Å².